The van der Waals surface area contributed by atoms with Gasteiger partial charge in [0.05, 0.1) is 12.4 Å². The fourth-order valence-corrected chi connectivity index (χ4v) is 3.15. The minimum atomic E-state index is -0.289. The minimum absolute atomic E-state index is 0.224. The topological polar surface area (TPSA) is 85.4 Å². The van der Waals surface area contributed by atoms with Gasteiger partial charge in [0.15, 0.2) is 11.5 Å². The second-order valence-electron chi connectivity index (χ2n) is 7.13. The van der Waals surface area contributed by atoms with Gasteiger partial charge in [0.1, 0.15) is 11.5 Å². The summed E-state index contributed by atoms with van der Waals surface area (Å²) in [6.45, 7) is 6.40. The first-order valence-electron chi connectivity index (χ1n) is 9.41. The highest BCUT2D eigenvalue weighted by atomic mass is 16.7. The molecule has 0 bridgehead atoms. The van der Waals surface area contributed by atoms with Crippen molar-refractivity contribution in [1.29, 1.82) is 0 Å². The fraction of sp³-hybridized carbons (Fsp3) is 0.227. The van der Waals surface area contributed by atoms with Crippen molar-refractivity contribution in [3.05, 3.63) is 65.6 Å². The summed E-state index contributed by atoms with van der Waals surface area (Å²) in [6.07, 6.45) is 2.98. The molecule has 2 aromatic carbocycles. The van der Waals surface area contributed by atoms with E-state index in [1.54, 1.807) is 0 Å². The number of carbonyl (C=O) groups excluding carboxylic acids is 1. The number of aryl methyl sites for hydroxylation is 1. The molecule has 0 atom stereocenters. The molecule has 3 aromatic rings. The average Bonchev–Trinajstić information content (AvgIpc) is 3.17. The molecule has 0 fully saturated rings. The van der Waals surface area contributed by atoms with Crippen LogP contribution in [0.25, 0.3) is 0 Å². The van der Waals surface area contributed by atoms with Gasteiger partial charge in [-0.15, -0.1) is 0 Å². The van der Waals surface area contributed by atoms with Crippen LogP contribution in [0.5, 0.6) is 11.5 Å². The van der Waals surface area contributed by atoms with Gasteiger partial charge in [0, 0.05) is 17.4 Å². The predicted octanol–water partition coefficient (Wildman–Crippen LogP) is 4.63. The molecule has 29 heavy (non-hydrogen) atoms. The molecular weight excluding hydrogens is 368 g/mol. The molecule has 0 spiro atoms. The number of amides is 1. The van der Waals surface area contributed by atoms with Crippen molar-refractivity contribution in [3.8, 4) is 11.5 Å². The summed E-state index contributed by atoms with van der Waals surface area (Å²) in [5.74, 6) is 1.93. The number of hydrogen-bond donors (Lipinski definition) is 2. The molecule has 0 saturated carbocycles. The lowest BCUT2D eigenvalue weighted by Crippen LogP contribution is -2.16. The molecule has 0 radical (unpaired) electrons. The summed E-state index contributed by atoms with van der Waals surface area (Å²) in [7, 11) is 0. The van der Waals surface area contributed by atoms with Crippen LogP contribution in [0.15, 0.2) is 48.8 Å². The first-order valence-corrected chi connectivity index (χ1v) is 9.41. The smallest absolute Gasteiger partial charge is 0.275 e. The molecule has 0 saturated heterocycles. The van der Waals surface area contributed by atoms with Crippen molar-refractivity contribution in [2.45, 2.75) is 26.7 Å². The fourth-order valence-electron chi connectivity index (χ4n) is 3.15. The van der Waals surface area contributed by atoms with Crippen molar-refractivity contribution < 1.29 is 14.3 Å². The molecule has 1 aliphatic rings. The van der Waals surface area contributed by atoms with E-state index in [4.69, 9.17) is 9.47 Å². The quantitative estimate of drug-likeness (QED) is 0.660. The molecule has 7 heteroatoms. The lowest BCUT2D eigenvalue weighted by molar-refractivity contribution is 0.102. The number of ether oxygens (including phenoxy) is 2. The molecule has 1 amide bonds. The number of aromatic nitrogens is 2. The summed E-state index contributed by atoms with van der Waals surface area (Å²) < 4.78 is 10.7. The molecule has 4 rings (SSSR count). The molecule has 7 nitrogen and oxygen atoms in total. The van der Waals surface area contributed by atoms with Gasteiger partial charge in [-0.1, -0.05) is 32.0 Å². The Balaban J connectivity index is 1.47. The summed E-state index contributed by atoms with van der Waals surface area (Å²) in [4.78, 5) is 21.2. The van der Waals surface area contributed by atoms with Crippen molar-refractivity contribution >= 4 is 23.1 Å². The summed E-state index contributed by atoms with van der Waals surface area (Å²) in [6, 6.07) is 11.5. The lowest BCUT2D eigenvalue weighted by Gasteiger charge is -2.16. The molecule has 1 aromatic heterocycles. The maximum atomic E-state index is 12.7. The SMILES string of the molecule is Cc1cccc(C(C)C)c1NC(=O)c1cnc(Nc2ccc3c(c2)OCO3)cn1. The van der Waals surface area contributed by atoms with Crippen LogP contribution in [0.4, 0.5) is 17.2 Å². The van der Waals surface area contributed by atoms with E-state index >= 15 is 0 Å². The molecular formula is C22H22N4O3. The number of anilines is 3. The van der Waals surface area contributed by atoms with E-state index in [1.807, 2.05) is 43.3 Å². The normalized spacial score (nSPS) is 12.1. The van der Waals surface area contributed by atoms with Crippen LogP contribution in [0.2, 0.25) is 0 Å². The molecule has 2 N–H and O–H groups in total. The van der Waals surface area contributed by atoms with E-state index < -0.39 is 0 Å². The summed E-state index contributed by atoms with van der Waals surface area (Å²) in [5.41, 5.74) is 3.98. The third-order valence-electron chi connectivity index (χ3n) is 4.70. The highest BCUT2D eigenvalue weighted by molar-refractivity contribution is 6.03. The van der Waals surface area contributed by atoms with Crippen LogP contribution in [-0.4, -0.2) is 22.7 Å². The zero-order valence-electron chi connectivity index (χ0n) is 16.5. The van der Waals surface area contributed by atoms with E-state index in [0.29, 0.717) is 23.2 Å². The van der Waals surface area contributed by atoms with E-state index in [-0.39, 0.29) is 18.4 Å². The number of fused-ring (bicyclic) bond motifs is 1. The Kier molecular flexibility index (Phi) is 5.03. The van der Waals surface area contributed by atoms with E-state index in [1.165, 1.54) is 12.4 Å². The van der Waals surface area contributed by atoms with Gasteiger partial charge in [-0.25, -0.2) is 9.97 Å². The standard InChI is InChI=1S/C22H22N4O3/c1-13(2)16-6-4-5-14(3)21(16)26-22(27)17-10-24-20(11-23-17)25-15-7-8-18-19(9-15)29-12-28-18/h4-11,13H,12H2,1-3H3,(H,24,25)(H,26,27). The Morgan fingerprint density at radius 1 is 1.07 bits per heavy atom. The van der Waals surface area contributed by atoms with E-state index in [0.717, 1.165) is 22.5 Å². The van der Waals surface area contributed by atoms with Crippen LogP contribution in [0, 0.1) is 6.92 Å². The molecule has 1 aliphatic heterocycles. The van der Waals surface area contributed by atoms with Crippen molar-refractivity contribution in [2.75, 3.05) is 17.4 Å². The zero-order chi connectivity index (χ0) is 20.4. The Morgan fingerprint density at radius 3 is 2.66 bits per heavy atom. The second kappa shape index (κ2) is 7.79. The van der Waals surface area contributed by atoms with Crippen LogP contribution < -0.4 is 20.1 Å². The first kappa shape index (κ1) is 18.7. The van der Waals surface area contributed by atoms with E-state index in [2.05, 4.69) is 34.4 Å². The van der Waals surface area contributed by atoms with Gasteiger partial charge >= 0.3 is 0 Å². The average molecular weight is 390 g/mol. The first-order chi connectivity index (χ1) is 14.0. The highest BCUT2D eigenvalue weighted by Gasteiger charge is 2.16. The Labute approximate surface area is 169 Å². The lowest BCUT2D eigenvalue weighted by atomic mass is 9.98. The van der Waals surface area contributed by atoms with Gasteiger partial charge in [-0.05, 0) is 36.1 Å². The molecule has 148 valence electrons. The minimum Gasteiger partial charge on any atom is -0.454 e. The molecule has 0 aliphatic carbocycles. The van der Waals surface area contributed by atoms with Crippen LogP contribution >= 0.6 is 0 Å². The number of nitrogens with one attached hydrogen (secondary N) is 2. The van der Waals surface area contributed by atoms with Crippen molar-refractivity contribution in [1.82, 2.24) is 9.97 Å². The van der Waals surface area contributed by atoms with Gasteiger partial charge in [0.25, 0.3) is 5.91 Å². The Morgan fingerprint density at radius 2 is 1.90 bits per heavy atom. The predicted molar refractivity (Wildman–Crippen MR) is 111 cm³/mol. The number of nitrogens with zero attached hydrogens (tertiary/aromatic N) is 2. The zero-order valence-corrected chi connectivity index (χ0v) is 16.5. The third-order valence-corrected chi connectivity index (χ3v) is 4.70. The Bertz CT molecular complexity index is 1050. The number of hydrogen-bond acceptors (Lipinski definition) is 6. The second-order valence-corrected chi connectivity index (χ2v) is 7.13. The number of benzene rings is 2. The highest BCUT2D eigenvalue weighted by Crippen LogP contribution is 2.35. The van der Waals surface area contributed by atoms with Crippen LogP contribution in [0.3, 0.4) is 0 Å². The van der Waals surface area contributed by atoms with Crippen molar-refractivity contribution in [3.63, 3.8) is 0 Å². The molecule has 0 unspecified atom stereocenters. The molecule has 2 heterocycles. The van der Waals surface area contributed by atoms with E-state index in [9.17, 15) is 4.79 Å². The monoisotopic (exact) mass is 390 g/mol. The van der Waals surface area contributed by atoms with Crippen LogP contribution in [-0.2, 0) is 0 Å². The van der Waals surface area contributed by atoms with Crippen LogP contribution in [0.1, 0.15) is 41.4 Å². The summed E-state index contributed by atoms with van der Waals surface area (Å²) >= 11 is 0. The third kappa shape index (κ3) is 3.99. The van der Waals surface area contributed by atoms with Gasteiger partial charge in [-0.2, -0.15) is 0 Å². The van der Waals surface area contributed by atoms with Crippen molar-refractivity contribution in [2.24, 2.45) is 0 Å². The largest absolute Gasteiger partial charge is 0.454 e. The van der Waals surface area contributed by atoms with Gasteiger partial charge < -0.3 is 20.1 Å². The number of para-hydroxylation sites is 1. The maximum Gasteiger partial charge on any atom is 0.275 e. The summed E-state index contributed by atoms with van der Waals surface area (Å²) in [5, 5.41) is 6.12. The maximum absolute atomic E-state index is 12.7. The Hall–Kier alpha value is -3.61. The van der Waals surface area contributed by atoms with Gasteiger partial charge in [0.2, 0.25) is 6.79 Å². The number of carbonyl (C=O) groups is 1. The van der Waals surface area contributed by atoms with Gasteiger partial charge in [-0.3, -0.25) is 4.79 Å². The number of rotatable bonds is 5.